The first-order valence-corrected chi connectivity index (χ1v) is 9.92. The zero-order valence-electron chi connectivity index (χ0n) is 16.8. The molecule has 0 radical (unpaired) electrons. The maximum absolute atomic E-state index is 12.7. The van der Waals surface area contributed by atoms with Gasteiger partial charge in [0.15, 0.2) is 0 Å². The number of hydrogen-bond donors (Lipinski definition) is 1. The number of likely N-dealkylation sites (tertiary alicyclic amines) is 1. The fraction of sp³-hybridized carbons (Fsp3) is 0.600. The van der Waals surface area contributed by atoms with Crippen LogP contribution in [0.2, 0.25) is 0 Å². The molecule has 1 aliphatic carbocycles. The quantitative estimate of drug-likeness (QED) is 0.750. The van der Waals surface area contributed by atoms with E-state index in [4.69, 9.17) is 4.74 Å². The summed E-state index contributed by atoms with van der Waals surface area (Å²) < 4.78 is 7.09. The summed E-state index contributed by atoms with van der Waals surface area (Å²) in [6, 6.07) is 1.89. The van der Waals surface area contributed by atoms with Crippen LogP contribution < -0.4 is 5.32 Å². The van der Waals surface area contributed by atoms with Gasteiger partial charge in [-0.25, -0.2) is 9.97 Å². The molecule has 1 saturated carbocycles. The summed E-state index contributed by atoms with van der Waals surface area (Å²) in [5.41, 5.74) is 2.20. The molecule has 2 fully saturated rings. The second-order valence-corrected chi connectivity index (χ2v) is 7.75. The fourth-order valence-electron chi connectivity index (χ4n) is 3.97. The Labute approximate surface area is 165 Å². The van der Waals surface area contributed by atoms with Gasteiger partial charge in [-0.15, -0.1) is 0 Å². The largest absolute Gasteiger partial charge is 0.383 e. The smallest absolute Gasteiger partial charge is 0.223 e. The minimum absolute atomic E-state index is 0.00594. The number of aromatic nitrogens is 4. The van der Waals surface area contributed by atoms with Crippen LogP contribution in [0.4, 0.5) is 5.82 Å². The number of ether oxygens (including phenoxy) is 1. The van der Waals surface area contributed by atoms with Crippen LogP contribution in [0.25, 0.3) is 0 Å². The Morgan fingerprint density at radius 2 is 2.18 bits per heavy atom. The highest BCUT2D eigenvalue weighted by Crippen LogP contribution is 2.40. The predicted molar refractivity (Wildman–Crippen MR) is 105 cm³/mol. The van der Waals surface area contributed by atoms with E-state index < -0.39 is 0 Å². The van der Waals surface area contributed by atoms with Crippen LogP contribution in [-0.4, -0.2) is 57.4 Å². The molecule has 2 aliphatic rings. The minimum atomic E-state index is -0.00594. The molecule has 1 aliphatic heterocycles. The standard InChI is InChI=1S/C20H28N6O2/c1-13-16(12-23-25(13)2)19-15(10-18(27)26(19)8-9-28-3)11-22-17-6-7-21-20(24-17)14-4-5-14/h6-7,12,14-15,19H,4-5,8-11H2,1-3H3,(H,21,22,24)/t15-,19+/m0/s1. The van der Waals surface area contributed by atoms with Gasteiger partial charge in [0.2, 0.25) is 5.91 Å². The Kier molecular flexibility index (Phi) is 5.30. The molecule has 4 rings (SSSR count). The van der Waals surface area contributed by atoms with Gasteiger partial charge in [-0.3, -0.25) is 9.48 Å². The minimum Gasteiger partial charge on any atom is -0.383 e. The number of anilines is 1. The lowest BCUT2D eigenvalue weighted by Crippen LogP contribution is -2.33. The van der Waals surface area contributed by atoms with E-state index in [2.05, 4.69) is 27.3 Å². The number of carbonyl (C=O) groups is 1. The van der Waals surface area contributed by atoms with Gasteiger partial charge >= 0.3 is 0 Å². The summed E-state index contributed by atoms with van der Waals surface area (Å²) in [6.07, 6.45) is 6.57. The zero-order valence-corrected chi connectivity index (χ0v) is 16.8. The molecule has 2 atom stereocenters. The second kappa shape index (κ2) is 7.87. The molecule has 2 aromatic rings. The van der Waals surface area contributed by atoms with Crippen LogP contribution >= 0.6 is 0 Å². The Bertz CT molecular complexity index is 847. The molecule has 1 amide bonds. The Hall–Kier alpha value is -2.48. The van der Waals surface area contributed by atoms with Gasteiger partial charge in [-0.1, -0.05) is 0 Å². The van der Waals surface area contributed by atoms with E-state index in [1.165, 1.54) is 12.8 Å². The third-order valence-corrected chi connectivity index (χ3v) is 5.83. The summed E-state index contributed by atoms with van der Waals surface area (Å²) >= 11 is 0. The molecule has 1 N–H and O–H groups in total. The Morgan fingerprint density at radius 1 is 1.36 bits per heavy atom. The summed E-state index contributed by atoms with van der Waals surface area (Å²) in [4.78, 5) is 23.7. The van der Waals surface area contributed by atoms with Crippen LogP contribution in [-0.2, 0) is 16.6 Å². The van der Waals surface area contributed by atoms with Crippen LogP contribution in [0.5, 0.6) is 0 Å². The van der Waals surface area contributed by atoms with E-state index in [1.807, 2.05) is 35.1 Å². The molecule has 150 valence electrons. The number of hydrogen-bond acceptors (Lipinski definition) is 6. The van der Waals surface area contributed by atoms with Crippen molar-refractivity contribution in [3.63, 3.8) is 0 Å². The Balaban J connectivity index is 1.53. The van der Waals surface area contributed by atoms with Crippen LogP contribution in [0.3, 0.4) is 0 Å². The number of nitrogens with one attached hydrogen (secondary N) is 1. The SMILES string of the molecule is COCCN1C(=O)C[C@@H](CNc2ccnc(C3CC3)n2)[C@@H]1c1cnn(C)c1C. The van der Waals surface area contributed by atoms with E-state index in [1.54, 1.807) is 7.11 Å². The number of aryl methyl sites for hydroxylation is 1. The number of methoxy groups -OCH3 is 1. The van der Waals surface area contributed by atoms with Crippen molar-refractivity contribution in [2.45, 2.75) is 38.1 Å². The van der Waals surface area contributed by atoms with Crippen molar-refractivity contribution in [1.29, 1.82) is 0 Å². The summed E-state index contributed by atoms with van der Waals surface area (Å²) in [6.45, 7) is 3.84. The van der Waals surface area contributed by atoms with Gasteiger partial charge in [0.25, 0.3) is 0 Å². The van der Waals surface area contributed by atoms with Crippen molar-refractivity contribution in [3.8, 4) is 0 Å². The molecule has 8 nitrogen and oxygen atoms in total. The molecule has 0 bridgehead atoms. The molecule has 1 saturated heterocycles. The van der Waals surface area contributed by atoms with Gasteiger partial charge < -0.3 is 15.0 Å². The van der Waals surface area contributed by atoms with Crippen molar-refractivity contribution in [2.75, 3.05) is 32.1 Å². The number of rotatable bonds is 8. The highest BCUT2D eigenvalue weighted by Gasteiger charge is 2.41. The maximum atomic E-state index is 12.7. The van der Waals surface area contributed by atoms with E-state index in [0.29, 0.717) is 32.0 Å². The Morgan fingerprint density at radius 3 is 2.86 bits per heavy atom. The van der Waals surface area contributed by atoms with Crippen molar-refractivity contribution < 1.29 is 9.53 Å². The van der Waals surface area contributed by atoms with Gasteiger partial charge in [0.1, 0.15) is 11.6 Å². The predicted octanol–water partition coefficient (Wildman–Crippen LogP) is 2.04. The first-order valence-electron chi connectivity index (χ1n) is 9.92. The molecule has 3 heterocycles. The molecular formula is C20H28N6O2. The number of carbonyl (C=O) groups excluding carboxylic acids is 1. The van der Waals surface area contributed by atoms with Gasteiger partial charge in [0.05, 0.1) is 18.8 Å². The third kappa shape index (κ3) is 3.73. The maximum Gasteiger partial charge on any atom is 0.223 e. The van der Waals surface area contributed by atoms with Gasteiger partial charge in [-0.2, -0.15) is 5.10 Å². The van der Waals surface area contributed by atoms with E-state index in [-0.39, 0.29) is 17.9 Å². The van der Waals surface area contributed by atoms with E-state index >= 15 is 0 Å². The lowest BCUT2D eigenvalue weighted by molar-refractivity contribution is -0.129. The number of amides is 1. The molecule has 8 heteroatoms. The average Bonchev–Trinajstić information content (AvgIpc) is 3.44. The van der Waals surface area contributed by atoms with E-state index in [9.17, 15) is 4.79 Å². The lowest BCUT2D eigenvalue weighted by atomic mass is 9.94. The third-order valence-electron chi connectivity index (χ3n) is 5.83. The monoisotopic (exact) mass is 384 g/mol. The van der Waals surface area contributed by atoms with Crippen molar-refractivity contribution in [1.82, 2.24) is 24.6 Å². The fourth-order valence-corrected chi connectivity index (χ4v) is 3.97. The average molecular weight is 384 g/mol. The van der Waals surface area contributed by atoms with Crippen LogP contribution in [0.1, 0.15) is 48.3 Å². The highest BCUT2D eigenvalue weighted by molar-refractivity contribution is 5.80. The van der Waals surface area contributed by atoms with Gasteiger partial charge in [-0.05, 0) is 25.8 Å². The van der Waals surface area contributed by atoms with E-state index in [0.717, 1.165) is 22.9 Å². The second-order valence-electron chi connectivity index (χ2n) is 7.75. The normalized spacial score (nSPS) is 22.1. The summed E-state index contributed by atoms with van der Waals surface area (Å²) in [5, 5.41) is 7.84. The van der Waals surface area contributed by atoms with Crippen LogP contribution in [0, 0.1) is 12.8 Å². The van der Waals surface area contributed by atoms with Crippen molar-refractivity contribution in [2.24, 2.45) is 13.0 Å². The molecule has 0 unspecified atom stereocenters. The molecule has 0 aromatic carbocycles. The first-order chi connectivity index (χ1) is 13.6. The molecule has 0 spiro atoms. The van der Waals surface area contributed by atoms with Crippen LogP contribution in [0.15, 0.2) is 18.5 Å². The first kappa shape index (κ1) is 18.9. The molecule has 2 aromatic heterocycles. The van der Waals surface area contributed by atoms with Crippen molar-refractivity contribution >= 4 is 11.7 Å². The highest BCUT2D eigenvalue weighted by atomic mass is 16.5. The molecular weight excluding hydrogens is 356 g/mol. The topological polar surface area (TPSA) is 85.2 Å². The zero-order chi connectivity index (χ0) is 19.7. The summed E-state index contributed by atoms with van der Waals surface area (Å²) in [7, 11) is 3.60. The van der Waals surface area contributed by atoms with Gasteiger partial charge in [0, 0.05) is 63.0 Å². The lowest BCUT2D eigenvalue weighted by Gasteiger charge is -2.28. The molecule has 28 heavy (non-hydrogen) atoms. The summed E-state index contributed by atoms with van der Waals surface area (Å²) in [5.74, 6) is 2.59. The van der Waals surface area contributed by atoms with Crippen molar-refractivity contribution in [3.05, 3.63) is 35.5 Å². The number of nitrogens with zero attached hydrogens (tertiary/aromatic N) is 5.